The summed E-state index contributed by atoms with van der Waals surface area (Å²) in [6.45, 7) is 5.15. The minimum Gasteiger partial charge on any atom is -0.344 e. The molecule has 0 saturated heterocycles. The highest BCUT2D eigenvalue weighted by Crippen LogP contribution is 2.31. The van der Waals surface area contributed by atoms with E-state index in [2.05, 4.69) is 51.8 Å². The van der Waals surface area contributed by atoms with Gasteiger partial charge in [0.25, 0.3) is 5.89 Å². The molecular weight excluding hydrogens is 348 g/mol. The topological polar surface area (TPSA) is 47.1 Å². The third-order valence-corrected chi connectivity index (χ3v) is 5.65. The first kappa shape index (κ1) is 17.2. The molecule has 0 amide bonds. The van der Waals surface area contributed by atoms with Gasteiger partial charge in [-0.05, 0) is 43.8 Å². The Morgan fingerprint density at radius 1 is 1.11 bits per heavy atom. The van der Waals surface area contributed by atoms with Gasteiger partial charge in [-0.25, -0.2) is 0 Å². The average Bonchev–Trinajstić information content (AvgIpc) is 3.30. The van der Waals surface area contributed by atoms with Crippen molar-refractivity contribution in [3.8, 4) is 11.5 Å². The first-order valence-electron chi connectivity index (χ1n) is 9.86. The molecule has 0 N–H and O–H groups in total. The average molecular weight is 372 g/mol. The van der Waals surface area contributed by atoms with Gasteiger partial charge in [-0.3, -0.25) is 0 Å². The van der Waals surface area contributed by atoms with Crippen molar-refractivity contribution in [2.45, 2.75) is 32.9 Å². The molecular formula is C23H24N4O. The molecule has 0 atom stereocenters. The molecule has 0 fully saturated rings. The van der Waals surface area contributed by atoms with Crippen LogP contribution in [-0.2, 0) is 25.9 Å². The first-order valence-corrected chi connectivity index (χ1v) is 9.86. The molecule has 2 aromatic carbocycles. The van der Waals surface area contributed by atoms with Crippen LogP contribution in [0.5, 0.6) is 0 Å². The van der Waals surface area contributed by atoms with Gasteiger partial charge in [0.2, 0.25) is 0 Å². The zero-order valence-corrected chi connectivity index (χ0v) is 16.4. The second-order valence-corrected chi connectivity index (χ2v) is 7.72. The van der Waals surface area contributed by atoms with Gasteiger partial charge in [-0.1, -0.05) is 35.0 Å². The SMILES string of the molecule is Cc1ccc2c(c1)c1c(n2CCc2noc(-c3ccccc3)n2)CCN(C)C1. The lowest BCUT2D eigenvalue weighted by molar-refractivity contribution is 0.309. The fourth-order valence-electron chi connectivity index (χ4n) is 4.22. The Morgan fingerprint density at radius 3 is 2.82 bits per heavy atom. The van der Waals surface area contributed by atoms with Crippen LogP contribution < -0.4 is 0 Å². The normalized spacial score (nSPS) is 14.5. The van der Waals surface area contributed by atoms with Crippen LogP contribution in [0.3, 0.4) is 0 Å². The van der Waals surface area contributed by atoms with Crippen LogP contribution >= 0.6 is 0 Å². The van der Waals surface area contributed by atoms with E-state index in [1.54, 1.807) is 0 Å². The van der Waals surface area contributed by atoms with Crippen LogP contribution in [0, 0.1) is 6.92 Å². The van der Waals surface area contributed by atoms with Crippen LogP contribution in [0.15, 0.2) is 53.1 Å². The summed E-state index contributed by atoms with van der Waals surface area (Å²) in [5.74, 6) is 1.35. The van der Waals surface area contributed by atoms with Gasteiger partial charge in [0.05, 0.1) is 0 Å². The summed E-state index contributed by atoms with van der Waals surface area (Å²) in [6.07, 6.45) is 1.84. The van der Waals surface area contributed by atoms with Crippen molar-refractivity contribution >= 4 is 10.9 Å². The van der Waals surface area contributed by atoms with Crippen molar-refractivity contribution in [2.75, 3.05) is 13.6 Å². The number of hydrogen-bond donors (Lipinski definition) is 0. The molecule has 2 aromatic heterocycles. The second kappa shape index (κ2) is 6.91. The maximum atomic E-state index is 5.47. The molecule has 0 aliphatic carbocycles. The number of hydrogen-bond acceptors (Lipinski definition) is 4. The van der Waals surface area contributed by atoms with E-state index in [0.29, 0.717) is 5.89 Å². The number of benzene rings is 2. The van der Waals surface area contributed by atoms with Gasteiger partial charge in [0.1, 0.15) is 0 Å². The Kier molecular flexibility index (Phi) is 4.24. The largest absolute Gasteiger partial charge is 0.344 e. The van der Waals surface area contributed by atoms with Gasteiger partial charge in [0.15, 0.2) is 5.82 Å². The molecule has 3 heterocycles. The maximum Gasteiger partial charge on any atom is 0.257 e. The molecule has 5 heteroatoms. The van der Waals surface area contributed by atoms with Gasteiger partial charge < -0.3 is 14.0 Å². The molecule has 0 bridgehead atoms. The zero-order chi connectivity index (χ0) is 19.1. The summed E-state index contributed by atoms with van der Waals surface area (Å²) in [5, 5.41) is 5.59. The van der Waals surface area contributed by atoms with Crippen molar-refractivity contribution in [3.63, 3.8) is 0 Å². The molecule has 0 unspecified atom stereocenters. The highest BCUT2D eigenvalue weighted by atomic mass is 16.5. The van der Waals surface area contributed by atoms with Crippen LogP contribution in [0.4, 0.5) is 0 Å². The van der Waals surface area contributed by atoms with E-state index < -0.39 is 0 Å². The molecule has 5 rings (SSSR count). The quantitative estimate of drug-likeness (QED) is 0.538. The van der Waals surface area contributed by atoms with Crippen LogP contribution in [0.1, 0.15) is 22.6 Å². The Bertz CT molecular complexity index is 1130. The van der Waals surface area contributed by atoms with Gasteiger partial charge in [-0.15, -0.1) is 0 Å². The minimum absolute atomic E-state index is 0.590. The van der Waals surface area contributed by atoms with Crippen molar-refractivity contribution < 1.29 is 4.52 Å². The van der Waals surface area contributed by atoms with Crippen molar-refractivity contribution in [3.05, 3.63) is 71.2 Å². The highest BCUT2D eigenvalue weighted by molar-refractivity contribution is 5.86. The van der Waals surface area contributed by atoms with E-state index >= 15 is 0 Å². The molecule has 0 saturated carbocycles. The first-order chi connectivity index (χ1) is 13.7. The van der Waals surface area contributed by atoms with Gasteiger partial charge in [0, 0.05) is 54.6 Å². The molecule has 142 valence electrons. The molecule has 4 aromatic rings. The third kappa shape index (κ3) is 3.02. The molecule has 1 aliphatic rings. The number of likely N-dealkylation sites (N-methyl/N-ethyl adjacent to an activating group) is 1. The van der Waals surface area contributed by atoms with E-state index in [0.717, 1.165) is 43.9 Å². The lowest BCUT2D eigenvalue weighted by Gasteiger charge is -2.24. The van der Waals surface area contributed by atoms with E-state index in [-0.39, 0.29) is 0 Å². The Balaban J connectivity index is 1.45. The highest BCUT2D eigenvalue weighted by Gasteiger charge is 2.22. The van der Waals surface area contributed by atoms with Crippen molar-refractivity contribution in [1.29, 1.82) is 0 Å². The van der Waals surface area contributed by atoms with Crippen LogP contribution in [0.2, 0.25) is 0 Å². The Hall–Kier alpha value is -2.92. The summed E-state index contributed by atoms with van der Waals surface area (Å²) < 4.78 is 7.94. The zero-order valence-electron chi connectivity index (χ0n) is 16.4. The Labute approximate surface area is 164 Å². The molecule has 28 heavy (non-hydrogen) atoms. The minimum atomic E-state index is 0.590. The lowest BCUT2D eigenvalue weighted by Crippen LogP contribution is -2.27. The summed E-state index contributed by atoms with van der Waals surface area (Å²) >= 11 is 0. The van der Waals surface area contributed by atoms with Crippen LogP contribution in [-0.4, -0.2) is 33.2 Å². The van der Waals surface area contributed by atoms with Gasteiger partial charge in [-0.2, -0.15) is 4.98 Å². The van der Waals surface area contributed by atoms with Crippen molar-refractivity contribution in [1.82, 2.24) is 19.6 Å². The standard InChI is InChI=1S/C23H24N4O/c1-16-8-9-20-18(14-16)19-15-26(2)12-10-21(19)27(20)13-11-22-24-23(28-25-22)17-6-4-3-5-7-17/h3-9,14H,10-13,15H2,1-2H3. The monoisotopic (exact) mass is 372 g/mol. The summed E-state index contributed by atoms with van der Waals surface area (Å²) in [4.78, 5) is 7.00. The lowest BCUT2D eigenvalue weighted by atomic mass is 10.0. The fourth-order valence-corrected chi connectivity index (χ4v) is 4.22. The molecule has 5 nitrogen and oxygen atoms in total. The van der Waals surface area contributed by atoms with E-state index in [9.17, 15) is 0 Å². The number of aromatic nitrogens is 3. The third-order valence-electron chi connectivity index (χ3n) is 5.65. The van der Waals surface area contributed by atoms with Crippen molar-refractivity contribution in [2.24, 2.45) is 0 Å². The Morgan fingerprint density at radius 2 is 1.96 bits per heavy atom. The number of fused-ring (bicyclic) bond motifs is 3. The van der Waals surface area contributed by atoms with E-state index in [1.165, 1.54) is 27.7 Å². The fraction of sp³-hybridized carbons (Fsp3) is 0.304. The summed E-state index contributed by atoms with van der Waals surface area (Å²) in [5.41, 5.74) is 6.53. The molecule has 0 radical (unpaired) electrons. The number of nitrogens with zero attached hydrogens (tertiary/aromatic N) is 4. The van der Waals surface area contributed by atoms with Crippen LogP contribution in [0.25, 0.3) is 22.4 Å². The summed E-state index contributed by atoms with van der Waals surface area (Å²) in [6, 6.07) is 16.7. The number of aryl methyl sites for hydroxylation is 3. The van der Waals surface area contributed by atoms with E-state index in [4.69, 9.17) is 4.52 Å². The summed E-state index contributed by atoms with van der Waals surface area (Å²) in [7, 11) is 2.20. The maximum absolute atomic E-state index is 5.47. The predicted octanol–water partition coefficient (Wildman–Crippen LogP) is 4.23. The second-order valence-electron chi connectivity index (χ2n) is 7.72. The number of rotatable bonds is 4. The smallest absolute Gasteiger partial charge is 0.257 e. The molecule has 0 spiro atoms. The van der Waals surface area contributed by atoms with E-state index in [1.807, 2.05) is 30.3 Å². The van der Waals surface area contributed by atoms with Gasteiger partial charge >= 0.3 is 0 Å². The predicted molar refractivity (Wildman–Crippen MR) is 110 cm³/mol. The molecule has 1 aliphatic heterocycles.